The predicted octanol–water partition coefficient (Wildman–Crippen LogP) is 3.63. The number of nitrogens with one attached hydrogen (secondary N) is 1. The Morgan fingerprint density at radius 2 is 1.89 bits per heavy atom. The lowest BCUT2D eigenvalue weighted by Crippen LogP contribution is -2.53. The van der Waals surface area contributed by atoms with Crippen molar-refractivity contribution in [2.45, 2.75) is 43.8 Å². The van der Waals surface area contributed by atoms with Crippen LogP contribution in [0.1, 0.15) is 43.2 Å². The minimum atomic E-state index is -4.41. The Kier molecular flexibility index (Phi) is 5.31. The molecule has 1 saturated heterocycles. The van der Waals surface area contributed by atoms with Gasteiger partial charge in [0.1, 0.15) is 0 Å². The zero-order valence-electron chi connectivity index (χ0n) is 15.0. The van der Waals surface area contributed by atoms with Crippen molar-refractivity contribution >= 4 is 11.8 Å². The fourth-order valence-corrected chi connectivity index (χ4v) is 3.84. The van der Waals surface area contributed by atoms with E-state index in [9.17, 15) is 22.8 Å². The number of benzene rings is 1. The Bertz CT molecular complexity index is 733. The summed E-state index contributed by atoms with van der Waals surface area (Å²) in [6.45, 7) is 4.44. The third-order valence-electron chi connectivity index (χ3n) is 5.66. The van der Waals surface area contributed by atoms with Crippen molar-refractivity contribution in [1.29, 1.82) is 0 Å². The highest BCUT2D eigenvalue weighted by molar-refractivity contribution is 5.87. The van der Waals surface area contributed by atoms with E-state index in [1.54, 1.807) is 11.0 Å². The Labute approximate surface area is 156 Å². The van der Waals surface area contributed by atoms with Crippen LogP contribution in [0.25, 0.3) is 0 Å². The van der Waals surface area contributed by atoms with Crippen molar-refractivity contribution in [2.24, 2.45) is 5.92 Å². The molecule has 0 radical (unpaired) electrons. The van der Waals surface area contributed by atoms with E-state index in [-0.39, 0.29) is 17.7 Å². The number of piperidine rings is 1. The van der Waals surface area contributed by atoms with Gasteiger partial charge in [0.25, 0.3) is 0 Å². The van der Waals surface area contributed by atoms with Crippen LogP contribution in [-0.2, 0) is 21.3 Å². The fourth-order valence-electron chi connectivity index (χ4n) is 3.84. The van der Waals surface area contributed by atoms with Crippen LogP contribution >= 0.6 is 0 Å². The molecular weight excluding hydrogens is 357 g/mol. The third kappa shape index (κ3) is 4.01. The minimum Gasteiger partial charge on any atom is -0.346 e. The molecule has 1 aromatic rings. The van der Waals surface area contributed by atoms with Gasteiger partial charge < -0.3 is 10.2 Å². The van der Waals surface area contributed by atoms with Gasteiger partial charge in [-0.3, -0.25) is 9.59 Å². The third-order valence-corrected chi connectivity index (χ3v) is 5.66. The number of likely N-dealkylation sites (tertiary alicyclic amines) is 1. The number of carbonyl (C=O) groups is 2. The molecule has 2 aliphatic rings. The van der Waals surface area contributed by atoms with Gasteiger partial charge in [0.15, 0.2) is 0 Å². The molecule has 1 N–H and O–H groups in total. The molecule has 2 amide bonds. The highest BCUT2D eigenvalue weighted by atomic mass is 19.4. The van der Waals surface area contributed by atoms with Crippen molar-refractivity contribution < 1.29 is 22.8 Å². The molecule has 4 nitrogen and oxygen atoms in total. The highest BCUT2D eigenvalue weighted by Crippen LogP contribution is 2.43. The molecule has 0 aromatic heterocycles. The first kappa shape index (κ1) is 19.5. The maximum absolute atomic E-state index is 13.0. The quantitative estimate of drug-likeness (QED) is 0.811. The van der Waals surface area contributed by atoms with Gasteiger partial charge in [-0.15, -0.1) is 0 Å². The topological polar surface area (TPSA) is 49.4 Å². The van der Waals surface area contributed by atoms with Crippen molar-refractivity contribution in [2.75, 3.05) is 13.1 Å². The number of hydrogen-bond acceptors (Lipinski definition) is 2. The fraction of sp³-hybridized carbons (Fsp3) is 0.500. The second-order valence-electron chi connectivity index (χ2n) is 7.31. The summed E-state index contributed by atoms with van der Waals surface area (Å²) in [4.78, 5) is 26.0. The lowest BCUT2D eigenvalue weighted by atomic mass is 9.71. The maximum atomic E-state index is 13.0. The molecule has 0 spiro atoms. The highest BCUT2D eigenvalue weighted by Gasteiger charge is 2.43. The summed E-state index contributed by atoms with van der Waals surface area (Å²) in [6.07, 6.45) is 0.0749. The van der Waals surface area contributed by atoms with Gasteiger partial charge in [0, 0.05) is 19.0 Å². The number of halogens is 3. The summed E-state index contributed by atoms with van der Waals surface area (Å²) in [5.41, 5.74) is -0.903. The second-order valence-corrected chi connectivity index (χ2v) is 7.31. The van der Waals surface area contributed by atoms with Gasteiger partial charge in [-0.2, -0.15) is 13.2 Å². The smallest absolute Gasteiger partial charge is 0.346 e. The van der Waals surface area contributed by atoms with Crippen molar-refractivity contribution in [3.8, 4) is 0 Å². The van der Waals surface area contributed by atoms with Crippen LogP contribution < -0.4 is 5.32 Å². The first-order valence-electron chi connectivity index (χ1n) is 9.16. The van der Waals surface area contributed by atoms with Crippen LogP contribution in [0.2, 0.25) is 0 Å². The summed E-state index contributed by atoms with van der Waals surface area (Å²) in [7, 11) is 0. The van der Waals surface area contributed by atoms with Crippen LogP contribution in [0.5, 0.6) is 0 Å². The summed E-state index contributed by atoms with van der Waals surface area (Å²) >= 11 is 0. The number of rotatable bonds is 4. The number of amides is 2. The van der Waals surface area contributed by atoms with E-state index in [1.807, 2.05) is 0 Å². The molecule has 0 bridgehead atoms. The van der Waals surface area contributed by atoms with Crippen LogP contribution in [-0.4, -0.2) is 29.8 Å². The van der Waals surface area contributed by atoms with Gasteiger partial charge in [0.2, 0.25) is 11.8 Å². The lowest BCUT2D eigenvalue weighted by Gasteiger charge is -2.44. The lowest BCUT2D eigenvalue weighted by molar-refractivity contribution is -0.137. The molecule has 7 heteroatoms. The molecule has 3 rings (SSSR count). The van der Waals surface area contributed by atoms with Gasteiger partial charge in [-0.25, -0.2) is 0 Å². The van der Waals surface area contributed by atoms with E-state index in [4.69, 9.17) is 0 Å². The van der Waals surface area contributed by atoms with Gasteiger partial charge in [-0.05, 0) is 55.9 Å². The Hall–Kier alpha value is -2.31. The molecule has 2 fully saturated rings. The van der Waals surface area contributed by atoms with E-state index < -0.39 is 17.3 Å². The first-order chi connectivity index (χ1) is 12.7. The van der Waals surface area contributed by atoms with E-state index in [2.05, 4.69) is 11.9 Å². The standard InChI is InChI=1S/C20H23F3N2O2/c1-2-17(26)25-11-7-14(8-12-25)18(27)24-19(9-4-10-19)15-5-3-6-16(13-15)20(21,22)23/h2-3,5-6,13-14H,1,4,7-12H2,(H,24,27). The molecule has 27 heavy (non-hydrogen) atoms. The summed E-state index contributed by atoms with van der Waals surface area (Å²) < 4.78 is 39.1. The zero-order valence-corrected chi connectivity index (χ0v) is 15.0. The molecule has 1 aliphatic carbocycles. The number of nitrogens with zero attached hydrogens (tertiary/aromatic N) is 1. The Morgan fingerprint density at radius 1 is 1.22 bits per heavy atom. The van der Waals surface area contributed by atoms with Crippen molar-refractivity contribution in [1.82, 2.24) is 10.2 Å². The van der Waals surface area contributed by atoms with Crippen LogP contribution in [0.3, 0.4) is 0 Å². The van der Waals surface area contributed by atoms with Crippen LogP contribution in [0, 0.1) is 5.92 Å². The van der Waals surface area contributed by atoms with E-state index in [0.29, 0.717) is 44.3 Å². The van der Waals surface area contributed by atoms with Crippen LogP contribution in [0.4, 0.5) is 13.2 Å². The number of carbonyl (C=O) groups excluding carboxylic acids is 2. The summed E-state index contributed by atoms with van der Waals surface area (Å²) in [5.74, 6) is -0.520. The number of alkyl halides is 3. The minimum absolute atomic E-state index is 0.141. The average Bonchev–Trinajstić information content (AvgIpc) is 2.63. The summed E-state index contributed by atoms with van der Waals surface area (Å²) in [6, 6.07) is 5.23. The first-order valence-corrected chi connectivity index (χ1v) is 9.16. The predicted molar refractivity (Wildman–Crippen MR) is 94.6 cm³/mol. The van der Waals surface area contributed by atoms with Crippen molar-refractivity contribution in [3.63, 3.8) is 0 Å². The summed E-state index contributed by atoms with van der Waals surface area (Å²) in [5, 5.41) is 3.02. The van der Waals surface area contributed by atoms with Gasteiger partial charge in [0.05, 0.1) is 11.1 Å². The molecular formula is C20H23F3N2O2. The molecule has 1 aliphatic heterocycles. The van der Waals surface area contributed by atoms with E-state index in [0.717, 1.165) is 18.6 Å². The second kappa shape index (κ2) is 7.37. The molecule has 1 aromatic carbocycles. The molecule has 1 saturated carbocycles. The van der Waals surface area contributed by atoms with E-state index in [1.165, 1.54) is 12.1 Å². The Morgan fingerprint density at radius 3 is 2.41 bits per heavy atom. The zero-order chi connectivity index (χ0) is 19.7. The molecule has 146 valence electrons. The molecule has 1 heterocycles. The van der Waals surface area contributed by atoms with Gasteiger partial charge in [-0.1, -0.05) is 18.7 Å². The van der Waals surface area contributed by atoms with E-state index >= 15 is 0 Å². The Balaban J connectivity index is 1.69. The van der Waals surface area contributed by atoms with Crippen LogP contribution in [0.15, 0.2) is 36.9 Å². The van der Waals surface area contributed by atoms with Crippen molar-refractivity contribution in [3.05, 3.63) is 48.0 Å². The normalized spacial score (nSPS) is 19.9. The largest absolute Gasteiger partial charge is 0.416 e. The average molecular weight is 380 g/mol. The van der Waals surface area contributed by atoms with Gasteiger partial charge >= 0.3 is 6.18 Å². The monoisotopic (exact) mass is 380 g/mol. The molecule has 0 atom stereocenters. The SMILES string of the molecule is C=CC(=O)N1CCC(C(=O)NC2(c3cccc(C(F)(F)F)c3)CCC2)CC1. The maximum Gasteiger partial charge on any atom is 0.416 e. The number of hydrogen-bond donors (Lipinski definition) is 1. The molecule has 0 unspecified atom stereocenters.